The first kappa shape index (κ1) is 14.6. The monoisotopic (exact) mass is 323 g/mol. The Morgan fingerprint density at radius 2 is 1.96 bits per heavy atom. The molecule has 2 aromatic carbocycles. The van der Waals surface area contributed by atoms with E-state index in [1.807, 2.05) is 30.3 Å². The molecular weight excluding hydrogens is 309 g/mol. The molecule has 120 valence electrons. The lowest BCUT2D eigenvalue weighted by Gasteiger charge is -2.15. The summed E-state index contributed by atoms with van der Waals surface area (Å²) in [6.07, 6.45) is 0.330. The molecule has 4 rings (SSSR count). The van der Waals surface area contributed by atoms with E-state index in [-0.39, 0.29) is 23.5 Å². The third-order valence-corrected chi connectivity index (χ3v) is 4.07. The number of aromatic nitrogens is 2. The van der Waals surface area contributed by atoms with Crippen LogP contribution in [0.3, 0.4) is 0 Å². The van der Waals surface area contributed by atoms with Crippen LogP contribution in [0.1, 0.15) is 18.2 Å². The van der Waals surface area contributed by atoms with Gasteiger partial charge in [-0.05, 0) is 30.3 Å². The highest BCUT2D eigenvalue weighted by molar-refractivity contribution is 5.96. The first-order valence-electron chi connectivity index (χ1n) is 7.65. The molecular formula is C18H14FN3O2. The smallest absolute Gasteiger partial charge is 0.258 e. The Kier molecular flexibility index (Phi) is 3.57. The van der Waals surface area contributed by atoms with Gasteiger partial charge in [0.15, 0.2) is 5.82 Å². The fourth-order valence-corrected chi connectivity index (χ4v) is 2.88. The van der Waals surface area contributed by atoms with Crippen LogP contribution < -0.4 is 4.90 Å². The summed E-state index contributed by atoms with van der Waals surface area (Å²) in [4.78, 5) is 18.3. The lowest BCUT2D eigenvalue weighted by molar-refractivity contribution is -0.117. The summed E-state index contributed by atoms with van der Waals surface area (Å²) in [6.45, 7) is 0.505. The van der Waals surface area contributed by atoms with E-state index in [0.29, 0.717) is 24.4 Å². The van der Waals surface area contributed by atoms with Crippen LogP contribution in [0.25, 0.3) is 11.5 Å². The predicted molar refractivity (Wildman–Crippen MR) is 85.8 cm³/mol. The Labute approximate surface area is 137 Å². The lowest BCUT2D eigenvalue weighted by atomic mass is 10.1. The number of rotatable bonds is 3. The number of carbonyl (C=O) groups excluding carboxylic acids is 1. The minimum atomic E-state index is -0.362. The minimum Gasteiger partial charge on any atom is -0.334 e. The van der Waals surface area contributed by atoms with E-state index in [4.69, 9.17) is 4.52 Å². The van der Waals surface area contributed by atoms with Crippen molar-refractivity contribution in [3.63, 3.8) is 0 Å². The molecule has 1 atom stereocenters. The zero-order valence-corrected chi connectivity index (χ0v) is 12.7. The number of amides is 1. The predicted octanol–water partition coefficient (Wildman–Crippen LogP) is 3.40. The number of anilines is 1. The molecule has 24 heavy (non-hydrogen) atoms. The number of para-hydroxylation sites is 1. The molecule has 1 aliphatic heterocycles. The van der Waals surface area contributed by atoms with Gasteiger partial charge in [0.2, 0.25) is 5.91 Å². The van der Waals surface area contributed by atoms with Gasteiger partial charge in [-0.1, -0.05) is 29.4 Å². The Balaban J connectivity index is 1.57. The summed E-state index contributed by atoms with van der Waals surface area (Å²) in [6, 6.07) is 15.5. The van der Waals surface area contributed by atoms with Gasteiger partial charge in [0.05, 0.1) is 0 Å². The Bertz CT molecular complexity index is 879. The molecule has 0 saturated carbocycles. The van der Waals surface area contributed by atoms with Crippen LogP contribution in [0.15, 0.2) is 59.1 Å². The summed E-state index contributed by atoms with van der Waals surface area (Å²) in [5.74, 6) is 0.266. The maximum atomic E-state index is 13.3. The van der Waals surface area contributed by atoms with Crippen LogP contribution in [0.2, 0.25) is 0 Å². The normalized spacial score (nSPS) is 17.5. The largest absolute Gasteiger partial charge is 0.334 e. The van der Waals surface area contributed by atoms with Crippen molar-refractivity contribution in [1.82, 2.24) is 10.1 Å². The summed E-state index contributed by atoms with van der Waals surface area (Å²) in [5, 5.41) is 3.98. The van der Waals surface area contributed by atoms with Crippen molar-refractivity contribution in [3.8, 4) is 11.5 Å². The van der Waals surface area contributed by atoms with Crippen molar-refractivity contribution in [3.05, 3.63) is 66.2 Å². The van der Waals surface area contributed by atoms with E-state index in [0.717, 1.165) is 5.69 Å². The average Bonchev–Trinajstić information content (AvgIpc) is 3.22. The Morgan fingerprint density at radius 1 is 1.12 bits per heavy atom. The zero-order valence-electron chi connectivity index (χ0n) is 12.7. The highest BCUT2D eigenvalue weighted by Gasteiger charge is 2.34. The van der Waals surface area contributed by atoms with Crippen LogP contribution in [-0.4, -0.2) is 22.6 Å². The van der Waals surface area contributed by atoms with Gasteiger partial charge in [-0.25, -0.2) is 4.39 Å². The standard InChI is InChI=1S/C18H14FN3O2/c19-14-6-4-5-12(9-14)18-20-17(21-24-18)13-10-16(23)22(11-13)15-7-2-1-3-8-15/h1-9,13H,10-11H2. The number of hydrogen-bond acceptors (Lipinski definition) is 4. The van der Waals surface area contributed by atoms with Crippen LogP contribution in [-0.2, 0) is 4.79 Å². The molecule has 0 spiro atoms. The maximum absolute atomic E-state index is 13.3. The molecule has 1 amide bonds. The number of benzene rings is 2. The first-order chi connectivity index (χ1) is 11.7. The van der Waals surface area contributed by atoms with Gasteiger partial charge in [-0.15, -0.1) is 0 Å². The quantitative estimate of drug-likeness (QED) is 0.741. The van der Waals surface area contributed by atoms with E-state index in [1.165, 1.54) is 12.1 Å². The van der Waals surface area contributed by atoms with Crippen LogP contribution in [0.5, 0.6) is 0 Å². The van der Waals surface area contributed by atoms with Crippen molar-refractivity contribution >= 4 is 11.6 Å². The summed E-state index contributed by atoms with van der Waals surface area (Å²) in [5.41, 5.74) is 1.39. The SMILES string of the molecule is O=C1CC(c2noc(-c3cccc(F)c3)n2)CN1c1ccccc1. The van der Waals surface area contributed by atoms with E-state index in [1.54, 1.807) is 17.0 Å². The second kappa shape index (κ2) is 5.88. The molecule has 0 N–H and O–H groups in total. The van der Waals surface area contributed by atoms with Crippen molar-refractivity contribution < 1.29 is 13.7 Å². The number of hydrogen-bond donors (Lipinski definition) is 0. The molecule has 1 aromatic heterocycles. The molecule has 1 aliphatic rings. The van der Waals surface area contributed by atoms with Crippen molar-refractivity contribution in [2.75, 3.05) is 11.4 Å². The molecule has 0 bridgehead atoms. The van der Waals surface area contributed by atoms with Gasteiger partial charge in [-0.3, -0.25) is 4.79 Å². The summed E-state index contributed by atoms with van der Waals surface area (Å²) < 4.78 is 18.5. The molecule has 1 unspecified atom stereocenters. The van der Waals surface area contributed by atoms with E-state index in [9.17, 15) is 9.18 Å². The van der Waals surface area contributed by atoms with Gasteiger partial charge in [0, 0.05) is 30.1 Å². The number of nitrogens with zero attached hydrogens (tertiary/aromatic N) is 3. The molecule has 3 aromatic rings. The number of carbonyl (C=O) groups is 1. The minimum absolute atomic E-state index is 0.0308. The van der Waals surface area contributed by atoms with Gasteiger partial charge < -0.3 is 9.42 Å². The molecule has 1 fully saturated rings. The topological polar surface area (TPSA) is 59.2 Å². The van der Waals surface area contributed by atoms with Crippen molar-refractivity contribution in [1.29, 1.82) is 0 Å². The van der Waals surface area contributed by atoms with E-state index < -0.39 is 0 Å². The molecule has 0 aliphatic carbocycles. The van der Waals surface area contributed by atoms with E-state index >= 15 is 0 Å². The highest BCUT2D eigenvalue weighted by Crippen LogP contribution is 2.31. The average molecular weight is 323 g/mol. The highest BCUT2D eigenvalue weighted by atomic mass is 19.1. The van der Waals surface area contributed by atoms with Gasteiger partial charge in [0.25, 0.3) is 5.89 Å². The zero-order chi connectivity index (χ0) is 16.5. The molecule has 6 heteroatoms. The first-order valence-corrected chi connectivity index (χ1v) is 7.65. The molecule has 1 saturated heterocycles. The third-order valence-electron chi connectivity index (χ3n) is 4.07. The Hall–Kier alpha value is -3.02. The van der Waals surface area contributed by atoms with Crippen molar-refractivity contribution in [2.45, 2.75) is 12.3 Å². The molecule has 2 heterocycles. The molecule has 5 nitrogen and oxygen atoms in total. The maximum Gasteiger partial charge on any atom is 0.258 e. The number of halogens is 1. The third kappa shape index (κ3) is 2.67. The summed E-state index contributed by atoms with van der Waals surface area (Å²) >= 11 is 0. The van der Waals surface area contributed by atoms with Crippen LogP contribution in [0, 0.1) is 5.82 Å². The fourth-order valence-electron chi connectivity index (χ4n) is 2.88. The Morgan fingerprint density at radius 3 is 2.75 bits per heavy atom. The van der Waals surface area contributed by atoms with Gasteiger partial charge in [-0.2, -0.15) is 4.98 Å². The fraction of sp³-hybridized carbons (Fsp3) is 0.167. The second-order valence-corrected chi connectivity index (χ2v) is 5.71. The summed E-state index contributed by atoms with van der Waals surface area (Å²) in [7, 11) is 0. The van der Waals surface area contributed by atoms with Crippen molar-refractivity contribution in [2.24, 2.45) is 0 Å². The van der Waals surface area contributed by atoms with Gasteiger partial charge >= 0.3 is 0 Å². The van der Waals surface area contributed by atoms with Gasteiger partial charge in [0.1, 0.15) is 5.82 Å². The van der Waals surface area contributed by atoms with Crippen LogP contribution >= 0.6 is 0 Å². The van der Waals surface area contributed by atoms with E-state index in [2.05, 4.69) is 10.1 Å². The van der Waals surface area contributed by atoms with Crippen LogP contribution in [0.4, 0.5) is 10.1 Å². The lowest BCUT2D eigenvalue weighted by Crippen LogP contribution is -2.24. The molecule has 0 radical (unpaired) electrons. The second-order valence-electron chi connectivity index (χ2n) is 5.71.